The molecule has 1 aliphatic carbocycles. The normalized spacial score (nSPS) is 16.1. The molecule has 0 unspecified atom stereocenters. The summed E-state index contributed by atoms with van der Waals surface area (Å²) in [4.78, 5) is 0. The Kier molecular flexibility index (Phi) is 2.53. The minimum atomic E-state index is 1.08. The quantitative estimate of drug-likeness (QED) is 0.618. The SMILES string of the molecule is CC1=C[CH]C(c2ccc(C)cc2)=CC1. The van der Waals surface area contributed by atoms with Crippen LogP contribution in [0.15, 0.2) is 42.0 Å². The maximum atomic E-state index is 2.29. The fraction of sp³-hybridized carbons (Fsp3) is 0.214. The maximum absolute atomic E-state index is 2.29. The molecule has 1 radical (unpaired) electrons. The van der Waals surface area contributed by atoms with Crippen LogP contribution in [0.4, 0.5) is 0 Å². The van der Waals surface area contributed by atoms with Gasteiger partial charge in [0.1, 0.15) is 0 Å². The maximum Gasteiger partial charge on any atom is 0.0127 e. The molecule has 0 amide bonds. The Morgan fingerprint density at radius 3 is 2.29 bits per heavy atom. The molecule has 0 fully saturated rings. The van der Waals surface area contributed by atoms with Crippen LogP contribution in [0.25, 0.3) is 5.57 Å². The van der Waals surface area contributed by atoms with Crippen molar-refractivity contribution in [1.29, 1.82) is 0 Å². The first kappa shape index (κ1) is 9.26. The Bertz CT molecular complexity index is 377. The van der Waals surface area contributed by atoms with E-state index in [0.29, 0.717) is 0 Å². The van der Waals surface area contributed by atoms with Crippen molar-refractivity contribution in [2.75, 3.05) is 0 Å². The predicted molar refractivity (Wildman–Crippen MR) is 61.8 cm³/mol. The molecule has 0 atom stereocenters. The summed E-state index contributed by atoms with van der Waals surface area (Å²) in [6.07, 6.45) is 7.78. The molecule has 0 saturated carbocycles. The van der Waals surface area contributed by atoms with Gasteiger partial charge >= 0.3 is 0 Å². The average molecular weight is 183 g/mol. The van der Waals surface area contributed by atoms with Crippen molar-refractivity contribution < 1.29 is 0 Å². The van der Waals surface area contributed by atoms with Gasteiger partial charge in [0.2, 0.25) is 0 Å². The molecule has 0 bridgehead atoms. The van der Waals surface area contributed by atoms with Gasteiger partial charge in [-0.3, -0.25) is 0 Å². The number of aryl methyl sites for hydroxylation is 1. The molecule has 14 heavy (non-hydrogen) atoms. The molecule has 0 heterocycles. The highest BCUT2D eigenvalue weighted by Gasteiger charge is 2.04. The number of hydrogen-bond acceptors (Lipinski definition) is 0. The second-order valence-electron chi connectivity index (χ2n) is 3.91. The van der Waals surface area contributed by atoms with Crippen molar-refractivity contribution in [3.8, 4) is 0 Å². The van der Waals surface area contributed by atoms with E-state index in [2.05, 4.69) is 56.7 Å². The van der Waals surface area contributed by atoms with Crippen molar-refractivity contribution in [2.24, 2.45) is 0 Å². The van der Waals surface area contributed by atoms with E-state index in [1.165, 1.54) is 22.3 Å². The second kappa shape index (κ2) is 3.83. The Morgan fingerprint density at radius 1 is 1.00 bits per heavy atom. The zero-order chi connectivity index (χ0) is 9.97. The van der Waals surface area contributed by atoms with Crippen LogP contribution in [0.5, 0.6) is 0 Å². The van der Waals surface area contributed by atoms with Crippen LogP contribution in [0, 0.1) is 13.3 Å². The van der Waals surface area contributed by atoms with E-state index in [0.717, 1.165) is 6.42 Å². The van der Waals surface area contributed by atoms with E-state index in [9.17, 15) is 0 Å². The third-order valence-electron chi connectivity index (χ3n) is 2.58. The zero-order valence-corrected chi connectivity index (χ0v) is 8.75. The molecular formula is C14H15. The lowest BCUT2D eigenvalue weighted by molar-refractivity contribution is 1.18. The van der Waals surface area contributed by atoms with Gasteiger partial charge in [0, 0.05) is 6.42 Å². The lowest BCUT2D eigenvalue weighted by Gasteiger charge is -2.11. The molecule has 0 heteroatoms. The van der Waals surface area contributed by atoms with Crippen molar-refractivity contribution >= 4 is 5.57 Å². The molecule has 0 aliphatic heterocycles. The lowest BCUT2D eigenvalue weighted by atomic mass is 9.94. The van der Waals surface area contributed by atoms with Gasteiger partial charge in [-0.25, -0.2) is 0 Å². The highest BCUT2D eigenvalue weighted by molar-refractivity contribution is 5.75. The van der Waals surface area contributed by atoms with Gasteiger partial charge in [-0.1, -0.05) is 47.6 Å². The summed E-state index contributed by atoms with van der Waals surface area (Å²) < 4.78 is 0. The Balaban J connectivity index is 2.21. The number of hydrogen-bond donors (Lipinski definition) is 0. The molecule has 0 spiro atoms. The molecule has 1 aromatic carbocycles. The Hall–Kier alpha value is -1.30. The summed E-state index contributed by atoms with van der Waals surface area (Å²) in [5, 5.41) is 0. The van der Waals surface area contributed by atoms with Gasteiger partial charge in [0.05, 0.1) is 0 Å². The highest BCUT2D eigenvalue weighted by Crippen LogP contribution is 2.24. The van der Waals surface area contributed by atoms with Crippen molar-refractivity contribution in [3.63, 3.8) is 0 Å². The van der Waals surface area contributed by atoms with Crippen LogP contribution in [0.3, 0.4) is 0 Å². The van der Waals surface area contributed by atoms with Crippen LogP contribution in [-0.4, -0.2) is 0 Å². The number of allylic oxidation sites excluding steroid dienone is 4. The lowest BCUT2D eigenvalue weighted by Crippen LogP contribution is -1.91. The van der Waals surface area contributed by atoms with Gasteiger partial charge in [0.25, 0.3) is 0 Å². The number of benzene rings is 1. The van der Waals surface area contributed by atoms with Crippen LogP contribution < -0.4 is 0 Å². The molecular weight excluding hydrogens is 168 g/mol. The van der Waals surface area contributed by atoms with Crippen molar-refractivity contribution in [2.45, 2.75) is 20.3 Å². The summed E-state index contributed by atoms with van der Waals surface area (Å²) >= 11 is 0. The molecule has 1 aromatic rings. The fourth-order valence-corrected chi connectivity index (χ4v) is 1.60. The molecule has 0 saturated heterocycles. The van der Waals surface area contributed by atoms with E-state index < -0.39 is 0 Å². The minimum Gasteiger partial charge on any atom is -0.0768 e. The first-order valence-electron chi connectivity index (χ1n) is 5.03. The predicted octanol–water partition coefficient (Wildman–Crippen LogP) is 3.93. The highest BCUT2D eigenvalue weighted by atomic mass is 14.1. The van der Waals surface area contributed by atoms with Crippen LogP contribution in [-0.2, 0) is 0 Å². The Morgan fingerprint density at radius 2 is 1.71 bits per heavy atom. The van der Waals surface area contributed by atoms with E-state index in [1.54, 1.807) is 0 Å². The summed E-state index contributed by atoms with van der Waals surface area (Å²) in [5.74, 6) is 0. The molecule has 1 aliphatic rings. The summed E-state index contributed by atoms with van der Waals surface area (Å²) in [6, 6.07) is 8.70. The molecule has 71 valence electrons. The van der Waals surface area contributed by atoms with E-state index in [4.69, 9.17) is 0 Å². The second-order valence-corrected chi connectivity index (χ2v) is 3.91. The van der Waals surface area contributed by atoms with Crippen LogP contribution >= 0.6 is 0 Å². The first-order chi connectivity index (χ1) is 6.75. The minimum absolute atomic E-state index is 1.08. The molecule has 0 N–H and O–H groups in total. The van der Waals surface area contributed by atoms with Crippen LogP contribution in [0.1, 0.15) is 24.5 Å². The third-order valence-corrected chi connectivity index (χ3v) is 2.58. The first-order valence-corrected chi connectivity index (χ1v) is 5.03. The van der Waals surface area contributed by atoms with Gasteiger partial charge < -0.3 is 0 Å². The standard InChI is InChI=1S/C14H15/c1-11-3-7-13(8-4-11)14-9-5-12(2)6-10-14/h3-5,7-10H,6H2,1-2H3. The van der Waals surface area contributed by atoms with E-state index >= 15 is 0 Å². The fourth-order valence-electron chi connectivity index (χ4n) is 1.60. The summed E-state index contributed by atoms with van der Waals surface area (Å²) in [7, 11) is 0. The van der Waals surface area contributed by atoms with E-state index in [-0.39, 0.29) is 0 Å². The molecule has 2 rings (SSSR count). The molecule has 0 nitrogen and oxygen atoms in total. The average Bonchev–Trinajstić information content (AvgIpc) is 2.21. The molecule has 0 aromatic heterocycles. The zero-order valence-electron chi connectivity index (χ0n) is 8.75. The largest absolute Gasteiger partial charge is 0.0768 e. The third kappa shape index (κ3) is 1.95. The van der Waals surface area contributed by atoms with Gasteiger partial charge in [-0.2, -0.15) is 0 Å². The van der Waals surface area contributed by atoms with Crippen molar-refractivity contribution in [3.05, 3.63) is 59.5 Å². The summed E-state index contributed by atoms with van der Waals surface area (Å²) in [6.45, 7) is 4.28. The van der Waals surface area contributed by atoms with Gasteiger partial charge in [-0.05, 0) is 31.4 Å². The summed E-state index contributed by atoms with van der Waals surface area (Å²) in [5.41, 5.74) is 5.41. The Labute approximate surface area is 86.0 Å². The van der Waals surface area contributed by atoms with E-state index in [1.807, 2.05) is 0 Å². The van der Waals surface area contributed by atoms with Crippen LogP contribution in [0.2, 0.25) is 0 Å². The van der Waals surface area contributed by atoms with Crippen molar-refractivity contribution in [1.82, 2.24) is 0 Å². The smallest absolute Gasteiger partial charge is 0.0127 e. The van der Waals surface area contributed by atoms with Gasteiger partial charge in [0.15, 0.2) is 0 Å². The van der Waals surface area contributed by atoms with Gasteiger partial charge in [-0.15, -0.1) is 0 Å². The number of rotatable bonds is 1. The topological polar surface area (TPSA) is 0 Å². The monoisotopic (exact) mass is 183 g/mol.